The molecular weight excluding hydrogens is 480 g/mol. The number of nitrogens with one attached hydrogen (secondary N) is 2. The molecule has 1 aliphatic heterocycles. The summed E-state index contributed by atoms with van der Waals surface area (Å²) in [4.78, 5) is 15.5. The van der Waals surface area contributed by atoms with Crippen LogP contribution in [0.3, 0.4) is 0 Å². The van der Waals surface area contributed by atoms with Crippen molar-refractivity contribution in [3.63, 3.8) is 0 Å². The largest absolute Gasteiger partial charge is 0.394 e. The lowest BCUT2D eigenvalue weighted by molar-refractivity contribution is 0.0384. The highest BCUT2D eigenvalue weighted by Gasteiger charge is 2.17. The van der Waals surface area contributed by atoms with Crippen molar-refractivity contribution in [3.8, 4) is 0 Å². The van der Waals surface area contributed by atoms with Gasteiger partial charge in [-0.2, -0.15) is 15.0 Å². The molecule has 1 fully saturated rings. The van der Waals surface area contributed by atoms with Crippen molar-refractivity contribution in [3.05, 3.63) is 41.2 Å². The maximum atomic E-state index is 11.8. The summed E-state index contributed by atoms with van der Waals surface area (Å²) in [7, 11) is -3.55. The van der Waals surface area contributed by atoms with Gasteiger partial charge in [-0.1, -0.05) is 45.0 Å². The van der Waals surface area contributed by atoms with Gasteiger partial charge in [-0.25, -0.2) is 8.42 Å². The van der Waals surface area contributed by atoms with Crippen LogP contribution in [0.4, 0.5) is 11.9 Å². The van der Waals surface area contributed by atoms with E-state index in [0.717, 1.165) is 57.5 Å². The van der Waals surface area contributed by atoms with Crippen LogP contribution in [0.1, 0.15) is 50.1 Å². The first-order valence-electron chi connectivity index (χ1n) is 12.6. The van der Waals surface area contributed by atoms with Crippen molar-refractivity contribution in [2.75, 3.05) is 55.7 Å². The molecule has 11 heteroatoms. The van der Waals surface area contributed by atoms with E-state index >= 15 is 0 Å². The second kappa shape index (κ2) is 13.3. The Morgan fingerprint density at radius 2 is 1.72 bits per heavy atom. The molecule has 3 N–H and O–H groups in total. The Labute approximate surface area is 215 Å². The number of morpholine rings is 1. The molecule has 0 bridgehead atoms. The van der Waals surface area contributed by atoms with Gasteiger partial charge in [0.05, 0.1) is 32.1 Å². The third-order valence-electron chi connectivity index (χ3n) is 6.13. The summed E-state index contributed by atoms with van der Waals surface area (Å²) in [5.74, 6) is 1.17. The Morgan fingerprint density at radius 1 is 1.06 bits per heavy atom. The molecule has 1 saturated heterocycles. The van der Waals surface area contributed by atoms with Crippen LogP contribution < -0.4 is 10.0 Å². The molecule has 2 aromatic rings. The summed E-state index contributed by atoms with van der Waals surface area (Å²) in [5, 5.41) is 12.9. The number of aliphatic hydroxyl groups excluding tert-OH is 1. The maximum Gasteiger partial charge on any atom is 0.241 e. The zero-order valence-corrected chi connectivity index (χ0v) is 22.6. The first-order valence-corrected chi connectivity index (χ1v) is 14.5. The molecule has 1 aromatic carbocycles. The van der Waals surface area contributed by atoms with E-state index in [1.54, 1.807) is 0 Å². The molecule has 0 amide bonds. The van der Waals surface area contributed by atoms with Crippen molar-refractivity contribution in [1.82, 2.24) is 19.9 Å². The Kier molecular flexibility index (Phi) is 10.4. The van der Waals surface area contributed by atoms with Crippen molar-refractivity contribution in [2.45, 2.75) is 52.0 Å². The smallest absolute Gasteiger partial charge is 0.241 e. The van der Waals surface area contributed by atoms with Crippen LogP contribution in [0, 0.1) is 5.92 Å². The van der Waals surface area contributed by atoms with Crippen LogP contribution in [0.5, 0.6) is 0 Å². The van der Waals surface area contributed by atoms with Crippen LogP contribution >= 0.6 is 0 Å². The quantitative estimate of drug-likeness (QED) is 0.364. The topological polar surface area (TPSA) is 130 Å². The minimum absolute atomic E-state index is 0.0307. The Hall–Kier alpha value is -2.34. The molecule has 1 aliphatic rings. The fourth-order valence-corrected chi connectivity index (χ4v) is 4.66. The van der Waals surface area contributed by atoms with E-state index < -0.39 is 10.0 Å². The molecular formula is C25H40N6O4S. The van der Waals surface area contributed by atoms with Crippen LogP contribution in [0.15, 0.2) is 24.3 Å². The average Bonchev–Trinajstić information content (AvgIpc) is 2.81. The number of ether oxygens (including phenoxy) is 1. The number of sulfonamides is 1. The van der Waals surface area contributed by atoms with Crippen LogP contribution in [-0.2, 0) is 27.6 Å². The van der Waals surface area contributed by atoms with Gasteiger partial charge in [0.2, 0.25) is 21.9 Å². The highest BCUT2D eigenvalue weighted by atomic mass is 32.2. The average molecular weight is 521 g/mol. The zero-order chi connectivity index (χ0) is 26.1. The molecule has 0 spiro atoms. The number of anilines is 2. The van der Waals surface area contributed by atoms with Gasteiger partial charge in [0.25, 0.3) is 0 Å². The van der Waals surface area contributed by atoms with Crippen LogP contribution in [-0.4, -0.2) is 85.1 Å². The number of benzene rings is 1. The number of aliphatic hydroxyl groups is 1. The van der Waals surface area contributed by atoms with E-state index in [4.69, 9.17) is 4.74 Å². The fourth-order valence-electron chi connectivity index (χ4n) is 4.23. The normalized spacial score (nSPS) is 16.6. The maximum absolute atomic E-state index is 11.8. The van der Waals surface area contributed by atoms with Crippen molar-refractivity contribution >= 4 is 21.9 Å². The lowest BCUT2D eigenvalue weighted by Gasteiger charge is -2.26. The summed E-state index contributed by atoms with van der Waals surface area (Å²) in [5.41, 5.74) is 2.45. The zero-order valence-electron chi connectivity index (χ0n) is 21.8. The molecule has 3 rings (SSSR count). The fraction of sp³-hybridized carbons (Fsp3) is 0.640. The molecule has 10 nitrogen and oxygen atoms in total. The van der Waals surface area contributed by atoms with Gasteiger partial charge in [-0.15, -0.1) is 0 Å². The lowest BCUT2D eigenvalue weighted by Crippen LogP contribution is -2.37. The Bertz CT molecular complexity index is 1060. The SMILES string of the molecule is CC(C)CC(CO)Nc1nc(CC(C)c2ccc(CCN3CCOCC3)cc2)nc(NS(C)(=O)=O)n1. The van der Waals surface area contributed by atoms with Crippen molar-refractivity contribution < 1.29 is 18.3 Å². The molecule has 2 unspecified atom stereocenters. The molecule has 0 aliphatic carbocycles. The third kappa shape index (κ3) is 9.61. The Balaban J connectivity index is 1.69. The minimum Gasteiger partial charge on any atom is -0.394 e. The molecule has 0 saturated carbocycles. The molecule has 2 atom stereocenters. The predicted octanol–water partition coefficient (Wildman–Crippen LogP) is 2.28. The van der Waals surface area contributed by atoms with E-state index in [2.05, 4.69) is 74.9 Å². The number of aromatic nitrogens is 3. The highest BCUT2D eigenvalue weighted by Crippen LogP contribution is 2.21. The number of rotatable bonds is 13. The van der Waals surface area contributed by atoms with Gasteiger partial charge in [-0.3, -0.25) is 9.62 Å². The predicted molar refractivity (Wildman–Crippen MR) is 142 cm³/mol. The van der Waals surface area contributed by atoms with E-state index in [1.165, 1.54) is 5.56 Å². The first kappa shape index (κ1) is 28.2. The second-order valence-corrected chi connectivity index (χ2v) is 11.7. The molecule has 0 radical (unpaired) electrons. The lowest BCUT2D eigenvalue weighted by atomic mass is 9.96. The molecule has 36 heavy (non-hydrogen) atoms. The van der Waals surface area contributed by atoms with E-state index in [9.17, 15) is 13.5 Å². The standard InChI is InChI=1S/C25H40N6O4S/c1-18(2)15-22(17-32)26-24-27-23(28-25(29-24)30-36(4,33)34)16-19(3)21-7-5-20(6-8-21)9-10-31-11-13-35-14-12-31/h5-8,18-19,22,32H,9-17H2,1-4H3,(H2,26,27,28,29,30). The third-order valence-corrected chi connectivity index (χ3v) is 6.68. The van der Waals surface area contributed by atoms with Gasteiger partial charge in [0, 0.05) is 26.1 Å². The first-order chi connectivity index (χ1) is 17.1. The van der Waals surface area contributed by atoms with E-state index in [-0.39, 0.29) is 30.5 Å². The summed E-state index contributed by atoms with van der Waals surface area (Å²) < 4.78 is 31.4. The number of hydrogen-bond acceptors (Lipinski definition) is 9. The van der Waals surface area contributed by atoms with E-state index in [1.807, 2.05) is 0 Å². The van der Waals surface area contributed by atoms with Crippen molar-refractivity contribution in [1.29, 1.82) is 0 Å². The summed E-state index contributed by atoms with van der Waals surface area (Å²) in [6.07, 6.45) is 3.29. The van der Waals surface area contributed by atoms with Gasteiger partial charge in [0.15, 0.2) is 0 Å². The van der Waals surface area contributed by atoms with Gasteiger partial charge in [0.1, 0.15) is 5.82 Å². The second-order valence-electron chi connectivity index (χ2n) is 9.98. The van der Waals surface area contributed by atoms with Crippen LogP contribution in [0.25, 0.3) is 0 Å². The molecule has 1 aromatic heterocycles. The Morgan fingerprint density at radius 3 is 2.33 bits per heavy atom. The van der Waals surface area contributed by atoms with Gasteiger partial charge < -0.3 is 15.2 Å². The van der Waals surface area contributed by atoms with Crippen LogP contribution in [0.2, 0.25) is 0 Å². The molecule has 2 heterocycles. The summed E-state index contributed by atoms with van der Waals surface area (Å²) >= 11 is 0. The number of hydrogen-bond donors (Lipinski definition) is 3. The van der Waals surface area contributed by atoms with Crippen molar-refractivity contribution in [2.24, 2.45) is 5.92 Å². The van der Waals surface area contributed by atoms with Gasteiger partial charge in [-0.05, 0) is 35.8 Å². The molecule has 200 valence electrons. The number of nitrogens with zero attached hydrogens (tertiary/aromatic N) is 4. The highest BCUT2D eigenvalue weighted by molar-refractivity contribution is 7.91. The van der Waals surface area contributed by atoms with Gasteiger partial charge >= 0.3 is 0 Å². The monoisotopic (exact) mass is 520 g/mol. The van der Waals surface area contributed by atoms with E-state index in [0.29, 0.717) is 18.2 Å². The summed E-state index contributed by atoms with van der Waals surface area (Å²) in [6, 6.07) is 8.37. The minimum atomic E-state index is -3.55. The summed E-state index contributed by atoms with van der Waals surface area (Å²) in [6.45, 7) is 10.8.